The molecule has 1 aliphatic carbocycles. The number of imidazole rings is 1. The number of hydrogen-bond acceptors (Lipinski definition) is 9. The average molecular weight is 854 g/mol. The van der Waals surface area contributed by atoms with Crippen LogP contribution in [-0.4, -0.2) is 52.0 Å². The van der Waals surface area contributed by atoms with Gasteiger partial charge in [0.25, 0.3) is 0 Å². The van der Waals surface area contributed by atoms with Crippen molar-refractivity contribution in [1.29, 1.82) is 0 Å². The number of carboxylic acids is 1. The Balaban J connectivity index is 0.813. The molecule has 6 aromatic rings. The molecule has 2 heterocycles. The van der Waals surface area contributed by atoms with Crippen molar-refractivity contribution in [3.8, 4) is 39.7 Å². The fourth-order valence-corrected chi connectivity index (χ4v) is 8.46. The van der Waals surface area contributed by atoms with E-state index in [2.05, 4.69) is 25.3 Å². The van der Waals surface area contributed by atoms with Crippen molar-refractivity contribution in [3.05, 3.63) is 155 Å². The van der Waals surface area contributed by atoms with Crippen LogP contribution >= 0.6 is 12.2 Å². The van der Waals surface area contributed by atoms with E-state index in [1.54, 1.807) is 42.5 Å². The van der Waals surface area contributed by atoms with E-state index >= 15 is 0 Å². The molecule has 15 heteroatoms. The number of nitrogens with one attached hydrogen (secondary N) is 4. The molecular formula is C46H39N5O8S2. The average Bonchev–Trinajstić information content (AvgIpc) is 3.63. The smallest absolute Gasteiger partial charge is 0.336 e. The van der Waals surface area contributed by atoms with Crippen LogP contribution in [-0.2, 0) is 16.4 Å². The minimum atomic E-state index is -3.61. The lowest BCUT2D eigenvalue weighted by Crippen LogP contribution is -2.29. The maximum Gasteiger partial charge on any atom is 0.336 e. The minimum Gasteiger partial charge on any atom is -0.508 e. The third kappa shape index (κ3) is 9.81. The van der Waals surface area contributed by atoms with Crippen LogP contribution < -0.4 is 25.5 Å². The molecule has 1 aromatic heterocycles. The summed E-state index contributed by atoms with van der Waals surface area (Å²) in [4.78, 5) is 32.7. The molecule has 0 radical (unpaired) electrons. The molecule has 61 heavy (non-hydrogen) atoms. The van der Waals surface area contributed by atoms with Crippen molar-refractivity contribution in [2.24, 2.45) is 0 Å². The van der Waals surface area contributed by atoms with E-state index in [1.165, 1.54) is 30.3 Å². The molecule has 8 rings (SSSR count). The first kappa shape index (κ1) is 40.5. The number of thiocarbonyl (C=S) groups is 1. The SMILES string of the molecule is O=C(O)c1cc(NC(=S)NCCCCCS(=O)(=O)Nc2ccc3nc(Cc4ccc(Oc5ccccc5)cc4)[nH]c3c2)ccc1-c1c2ccc(=O)cc-2oc2cc(O)ccc12. The van der Waals surface area contributed by atoms with Crippen LogP contribution in [0.1, 0.15) is 41.0 Å². The highest BCUT2D eigenvalue weighted by molar-refractivity contribution is 7.92. The summed E-state index contributed by atoms with van der Waals surface area (Å²) >= 11 is 5.47. The van der Waals surface area contributed by atoms with Crippen molar-refractivity contribution < 1.29 is 32.6 Å². The molecule has 2 aliphatic rings. The van der Waals surface area contributed by atoms with Crippen LogP contribution in [0.4, 0.5) is 11.4 Å². The zero-order valence-electron chi connectivity index (χ0n) is 32.5. The molecule has 0 amide bonds. The van der Waals surface area contributed by atoms with Gasteiger partial charge in [-0.2, -0.15) is 0 Å². The molecule has 0 unspecified atom stereocenters. The van der Waals surface area contributed by atoms with E-state index in [0.717, 1.165) is 33.9 Å². The Morgan fingerprint density at radius 3 is 2.39 bits per heavy atom. The molecule has 0 fully saturated rings. The molecule has 6 N–H and O–H groups in total. The second-order valence-corrected chi connectivity index (χ2v) is 16.6. The van der Waals surface area contributed by atoms with Gasteiger partial charge < -0.3 is 35.0 Å². The second kappa shape index (κ2) is 17.6. The number of fused-ring (bicyclic) bond motifs is 3. The number of carboxylic acid groups (broad SMARTS) is 1. The number of nitrogens with zero attached hydrogens (tertiary/aromatic N) is 1. The molecule has 0 saturated carbocycles. The Labute approximate surface area is 355 Å². The van der Waals surface area contributed by atoms with Crippen LogP contribution in [0.3, 0.4) is 0 Å². The predicted molar refractivity (Wildman–Crippen MR) is 241 cm³/mol. The summed E-state index contributed by atoms with van der Waals surface area (Å²) in [5.41, 5.74) is 4.85. The zero-order valence-corrected chi connectivity index (χ0v) is 34.1. The number of ether oxygens (including phenoxy) is 1. The number of anilines is 2. The van der Waals surface area contributed by atoms with Crippen molar-refractivity contribution in [1.82, 2.24) is 15.3 Å². The number of phenols is 1. The number of phenolic OH excluding ortho intramolecular Hbond substituents is 1. The Hall–Kier alpha value is -7.23. The summed E-state index contributed by atoms with van der Waals surface area (Å²) in [6, 6.07) is 36.3. The molecule has 1 aliphatic heterocycles. The quantitative estimate of drug-likeness (QED) is 0.0326. The van der Waals surface area contributed by atoms with E-state index < -0.39 is 16.0 Å². The number of unbranched alkanes of at least 4 members (excludes halogenated alkanes) is 2. The van der Waals surface area contributed by atoms with Gasteiger partial charge in [-0.15, -0.1) is 0 Å². The monoisotopic (exact) mass is 853 g/mol. The van der Waals surface area contributed by atoms with Gasteiger partial charge in [0.05, 0.1) is 28.0 Å². The fourth-order valence-electron chi connectivity index (χ4n) is 7.07. The van der Waals surface area contributed by atoms with Crippen LogP contribution in [0.5, 0.6) is 17.2 Å². The highest BCUT2D eigenvalue weighted by Crippen LogP contribution is 2.42. The van der Waals surface area contributed by atoms with Gasteiger partial charge in [0.15, 0.2) is 10.5 Å². The third-order valence-electron chi connectivity index (χ3n) is 9.91. The largest absolute Gasteiger partial charge is 0.508 e. The van der Waals surface area contributed by atoms with Crippen LogP contribution in [0, 0.1) is 0 Å². The van der Waals surface area contributed by atoms with Gasteiger partial charge in [-0.1, -0.05) is 42.8 Å². The molecule has 0 bridgehead atoms. The van der Waals surface area contributed by atoms with Gasteiger partial charge in [-0.05, 0) is 115 Å². The summed E-state index contributed by atoms with van der Waals surface area (Å²) in [5.74, 6) is 1.23. The van der Waals surface area contributed by atoms with Gasteiger partial charge in [0.2, 0.25) is 10.0 Å². The number of aromatic carboxylic acids is 1. The van der Waals surface area contributed by atoms with E-state index in [0.29, 0.717) is 65.7 Å². The summed E-state index contributed by atoms with van der Waals surface area (Å²) in [7, 11) is -3.61. The topological polar surface area (TPSA) is 196 Å². The number of benzene rings is 6. The molecule has 13 nitrogen and oxygen atoms in total. The summed E-state index contributed by atoms with van der Waals surface area (Å²) in [6.07, 6.45) is 2.26. The Morgan fingerprint density at radius 2 is 1.59 bits per heavy atom. The number of H-pyrrole nitrogens is 1. The highest BCUT2D eigenvalue weighted by atomic mass is 32.2. The summed E-state index contributed by atoms with van der Waals surface area (Å²) in [5, 5.41) is 27.3. The molecule has 0 saturated heterocycles. The van der Waals surface area contributed by atoms with Gasteiger partial charge >= 0.3 is 5.97 Å². The summed E-state index contributed by atoms with van der Waals surface area (Å²) in [6.45, 7) is 0.466. The minimum absolute atomic E-state index is 0.0160. The van der Waals surface area contributed by atoms with Crippen LogP contribution in [0.15, 0.2) is 137 Å². The van der Waals surface area contributed by atoms with Crippen molar-refractivity contribution >= 4 is 66.7 Å². The second-order valence-electron chi connectivity index (χ2n) is 14.4. The number of hydrogen-bond donors (Lipinski definition) is 6. The van der Waals surface area contributed by atoms with E-state index in [4.69, 9.17) is 21.4 Å². The lowest BCUT2D eigenvalue weighted by atomic mass is 9.90. The first-order chi connectivity index (χ1) is 29.5. The molecule has 308 valence electrons. The third-order valence-corrected chi connectivity index (χ3v) is 11.5. The van der Waals surface area contributed by atoms with Crippen molar-refractivity contribution in [3.63, 3.8) is 0 Å². The first-order valence-corrected chi connectivity index (χ1v) is 21.5. The first-order valence-electron chi connectivity index (χ1n) is 19.4. The van der Waals surface area contributed by atoms with E-state index in [9.17, 15) is 28.2 Å². The number of aromatic hydroxyl groups is 1. The number of sulfonamides is 1. The van der Waals surface area contributed by atoms with Gasteiger partial charge in [0, 0.05) is 47.3 Å². The van der Waals surface area contributed by atoms with E-state index in [-0.39, 0.29) is 39.0 Å². The normalized spacial score (nSPS) is 11.5. The summed E-state index contributed by atoms with van der Waals surface area (Å²) < 4.78 is 40.4. The number of aromatic amines is 1. The molecule has 5 aromatic carbocycles. The van der Waals surface area contributed by atoms with Gasteiger partial charge in [0.1, 0.15) is 34.4 Å². The standard InChI is InChI=1S/C46H39N5O8S2/c52-31-13-18-36-41(26-31)59-42-27-32(53)14-19-37(42)44(36)35-17-11-29(24-38(35)45(54)55)48-46(60)47-21-5-2-6-22-61(56,57)51-30-12-20-39-40(25-30)50-43(49-39)23-28-9-15-34(16-10-28)58-33-7-3-1-4-8-33/h1,3-4,7-20,24-27,51-52H,2,5-6,21-23H2,(H,49,50)(H,54,55)(H2,47,48,60). The van der Waals surface area contributed by atoms with E-state index in [1.807, 2.05) is 54.6 Å². The Morgan fingerprint density at radius 1 is 0.820 bits per heavy atom. The van der Waals surface area contributed by atoms with Crippen LogP contribution in [0.2, 0.25) is 0 Å². The Kier molecular flexibility index (Phi) is 11.7. The maximum absolute atomic E-state index is 13.0. The number of aromatic nitrogens is 2. The van der Waals surface area contributed by atoms with Gasteiger partial charge in [-0.3, -0.25) is 9.52 Å². The zero-order chi connectivity index (χ0) is 42.5. The predicted octanol–water partition coefficient (Wildman–Crippen LogP) is 9.13. The lowest BCUT2D eigenvalue weighted by Gasteiger charge is -2.18. The molecule has 0 spiro atoms. The number of carbonyl (C=O) groups is 1. The molecular weight excluding hydrogens is 815 g/mol. The maximum atomic E-state index is 13.0. The van der Waals surface area contributed by atoms with Crippen molar-refractivity contribution in [2.45, 2.75) is 25.7 Å². The number of para-hydroxylation sites is 1. The Bertz CT molecular complexity index is 3040. The highest BCUT2D eigenvalue weighted by Gasteiger charge is 2.22. The fraction of sp³-hybridized carbons (Fsp3) is 0.130. The lowest BCUT2D eigenvalue weighted by molar-refractivity contribution is 0.0697. The van der Waals surface area contributed by atoms with Crippen LogP contribution in [0.25, 0.3) is 44.5 Å². The van der Waals surface area contributed by atoms with Gasteiger partial charge in [-0.25, -0.2) is 18.2 Å². The molecule has 0 atom stereocenters. The van der Waals surface area contributed by atoms with Crippen molar-refractivity contribution in [2.75, 3.05) is 22.3 Å². The number of rotatable bonds is 15.